The van der Waals surface area contributed by atoms with Crippen molar-refractivity contribution in [3.05, 3.63) is 13.2 Å². The third-order valence-corrected chi connectivity index (χ3v) is 1.50. The topological polar surface area (TPSA) is 0 Å². The second kappa shape index (κ2) is 13.3. The van der Waals surface area contributed by atoms with E-state index in [-0.39, 0.29) is 0 Å². The van der Waals surface area contributed by atoms with Crippen LogP contribution in [0.1, 0.15) is 59.3 Å². The van der Waals surface area contributed by atoms with Gasteiger partial charge in [-0.1, -0.05) is 59.3 Å². The maximum absolute atomic E-state index is 3.00. The van der Waals surface area contributed by atoms with Gasteiger partial charge in [0.05, 0.1) is 0 Å². The Bertz CT molecular complexity index is 46.2. The summed E-state index contributed by atoms with van der Waals surface area (Å²) < 4.78 is 0. The summed E-state index contributed by atoms with van der Waals surface area (Å²) in [6, 6.07) is 0. The van der Waals surface area contributed by atoms with Gasteiger partial charge in [-0.15, -0.1) is 13.2 Å². The van der Waals surface area contributed by atoms with E-state index in [4.69, 9.17) is 0 Å². The summed E-state index contributed by atoms with van der Waals surface area (Å²) in [6.07, 6.45) is 9.00. The predicted octanol–water partition coefficient (Wildman–Crippen LogP) is 4.81. The average Bonchev–Trinajstić information content (AvgIpc) is 2.10. The molecule has 12 heavy (non-hydrogen) atoms. The zero-order chi connectivity index (χ0) is 9.82. The van der Waals surface area contributed by atoms with Crippen molar-refractivity contribution in [3.8, 4) is 0 Å². The molecule has 0 aromatic carbocycles. The maximum Gasteiger partial charge on any atom is -0.0500 e. The Morgan fingerprint density at radius 1 is 0.667 bits per heavy atom. The summed E-state index contributed by atoms with van der Waals surface area (Å²) in [7, 11) is 0. The van der Waals surface area contributed by atoms with Crippen molar-refractivity contribution in [2.24, 2.45) is 5.92 Å². The predicted molar refractivity (Wildman–Crippen MR) is 59.5 cm³/mol. The molecule has 1 rings (SSSR count). The van der Waals surface area contributed by atoms with E-state index in [2.05, 4.69) is 33.9 Å². The number of rotatable bonds is 0. The Morgan fingerprint density at radius 3 is 0.833 bits per heavy atom. The van der Waals surface area contributed by atoms with Crippen LogP contribution in [0.25, 0.3) is 0 Å². The van der Waals surface area contributed by atoms with E-state index >= 15 is 0 Å². The Kier molecular flexibility index (Phi) is 15.9. The summed E-state index contributed by atoms with van der Waals surface area (Å²) in [5.41, 5.74) is 0. The molecule has 0 amide bonds. The molecule has 0 aromatic heterocycles. The first-order chi connectivity index (χ1) is 5.73. The Hall–Kier alpha value is -0.260. The third-order valence-electron chi connectivity index (χ3n) is 1.50. The molecule has 0 aromatic rings. The van der Waals surface area contributed by atoms with Crippen LogP contribution >= 0.6 is 0 Å². The fourth-order valence-electron chi connectivity index (χ4n) is 1.06. The van der Waals surface area contributed by atoms with Gasteiger partial charge in [0.1, 0.15) is 0 Å². The van der Waals surface area contributed by atoms with Crippen molar-refractivity contribution in [1.29, 1.82) is 0 Å². The lowest BCUT2D eigenvalue weighted by Gasteiger charge is -2.05. The molecule has 0 bridgehead atoms. The molecule has 1 saturated carbocycles. The zero-order valence-electron chi connectivity index (χ0n) is 9.23. The van der Waals surface area contributed by atoms with Gasteiger partial charge in [-0.3, -0.25) is 0 Å². The van der Waals surface area contributed by atoms with E-state index < -0.39 is 0 Å². The SMILES string of the molecule is C1CCCCC1.C=C.CC(C)C. The highest BCUT2D eigenvalue weighted by Crippen LogP contribution is 2.15. The van der Waals surface area contributed by atoms with Gasteiger partial charge in [-0.25, -0.2) is 0 Å². The van der Waals surface area contributed by atoms with Crippen molar-refractivity contribution in [3.63, 3.8) is 0 Å². The largest absolute Gasteiger partial charge is 0.106 e. The molecular weight excluding hydrogens is 144 g/mol. The highest BCUT2D eigenvalue weighted by atomic mass is 14.0. The Morgan fingerprint density at radius 2 is 0.750 bits per heavy atom. The highest BCUT2D eigenvalue weighted by molar-refractivity contribution is 4.51. The molecule has 1 aliphatic rings. The van der Waals surface area contributed by atoms with Gasteiger partial charge in [0.25, 0.3) is 0 Å². The Balaban J connectivity index is 0. The van der Waals surface area contributed by atoms with Gasteiger partial charge >= 0.3 is 0 Å². The van der Waals surface area contributed by atoms with Crippen LogP contribution < -0.4 is 0 Å². The third kappa shape index (κ3) is 22.6. The van der Waals surface area contributed by atoms with Gasteiger partial charge in [0, 0.05) is 0 Å². The van der Waals surface area contributed by atoms with E-state index in [1.807, 2.05) is 0 Å². The normalized spacial score (nSPS) is 15.3. The van der Waals surface area contributed by atoms with Crippen LogP contribution in [0.2, 0.25) is 0 Å². The van der Waals surface area contributed by atoms with Crippen molar-refractivity contribution < 1.29 is 0 Å². The molecule has 0 saturated heterocycles. The average molecular weight is 170 g/mol. The second-order valence-electron chi connectivity index (χ2n) is 3.85. The molecule has 0 nitrogen and oxygen atoms in total. The van der Waals surface area contributed by atoms with Crippen molar-refractivity contribution in [2.75, 3.05) is 0 Å². The summed E-state index contributed by atoms with van der Waals surface area (Å²) in [4.78, 5) is 0. The van der Waals surface area contributed by atoms with E-state index in [1.54, 1.807) is 0 Å². The van der Waals surface area contributed by atoms with Crippen LogP contribution in [-0.4, -0.2) is 0 Å². The fraction of sp³-hybridized carbons (Fsp3) is 0.833. The lowest BCUT2D eigenvalue weighted by atomic mass is 10.0. The van der Waals surface area contributed by atoms with Crippen LogP contribution in [0.3, 0.4) is 0 Å². The first kappa shape index (κ1) is 14.3. The molecule has 0 radical (unpaired) electrons. The number of hydrogen-bond acceptors (Lipinski definition) is 0. The molecule has 0 N–H and O–H groups in total. The van der Waals surface area contributed by atoms with Crippen LogP contribution in [-0.2, 0) is 0 Å². The highest BCUT2D eigenvalue weighted by Gasteiger charge is 1.95. The van der Waals surface area contributed by atoms with E-state index in [0.717, 1.165) is 5.92 Å². The molecule has 0 unspecified atom stereocenters. The Labute approximate surface area is 79.1 Å². The van der Waals surface area contributed by atoms with E-state index in [1.165, 1.54) is 38.5 Å². The molecule has 0 spiro atoms. The molecule has 74 valence electrons. The van der Waals surface area contributed by atoms with Gasteiger partial charge in [0.15, 0.2) is 0 Å². The monoisotopic (exact) mass is 170 g/mol. The fourth-order valence-corrected chi connectivity index (χ4v) is 1.06. The maximum atomic E-state index is 3.00. The first-order valence-electron chi connectivity index (χ1n) is 5.23. The van der Waals surface area contributed by atoms with E-state index in [0.29, 0.717) is 0 Å². The zero-order valence-corrected chi connectivity index (χ0v) is 9.23. The van der Waals surface area contributed by atoms with E-state index in [9.17, 15) is 0 Å². The van der Waals surface area contributed by atoms with Crippen molar-refractivity contribution >= 4 is 0 Å². The summed E-state index contributed by atoms with van der Waals surface area (Å²) in [5.74, 6) is 0.833. The lowest BCUT2D eigenvalue weighted by Crippen LogP contribution is -1.85. The first-order valence-corrected chi connectivity index (χ1v) is 5.23. The molecule has 1 aliphatic carbocycles. The quantitative estimate of drug-likeness (QED) is 0.458. The minimum atomic E-state index is 0.833. The van der Waals surface area contributed by atoms with Gasteiger partial charge in [-0.05, 0) is 5.92 Å². The minimum absolute atomic E-state index is 0.833. The van der Waals surface area contributed by atoms with Crippen molar-refractivity contribution in [2.45, 2.75) is 59.3 Å². The van der Waals surface area contributed by atoms with Crippen LogP contribution in [0.4, 0.5) is 0 Å². The molecule has 0 aliphatic heterocycles. The smallest absolute Gasteiger partial charge is 0.0500 e. The lowest BCUT2D eigenvalue weighted by molar-refractivity contribution is 0.504. The second-order valence-corrected chi connectivity index (χ2v) is 3.85. The summed E-state index contributed by atoms with van der Waals surface area (Å²) in [6.45, 7) is 12.5. The molecule has 0 heterocycles. The van der Waals surface area contributed by atoms with Crippen LogP contribution in [0.5, 0.6) is 0 Å². The molecular formula is C12H26. The molecule has 1 fully saturated rings. The molecule has 0 atom stereocenters. The van der Waals surface area contributed by atoms with Crippen molar-refractivity contribution in [1.82, 2.24) is 0 Å². The van der Waals surface area contributed by atoms with Crippen LogP contribution in [0.15, 0.2) is 13.2 Å². The standard InChI is InChI=1S/C6H12.C4H10.C2H4/c1-2-4-6-5-3-1;1-4(2)3;1-2/h1-6H2;4H,1-3H3;1-2H2. The molecule has 0 heteroatoms. The van der Waals surface area contributed by atoms with Gasteiger partial charge < -0.3 is 0 Å². The van der Waals surface area contributed by atoms with Gasteiger partial charge in [-0.2, -0.15) is 0 Å². The summed E-state index contributed by atoms with van der Waals surface area (Å²) >= 11 is 0. The summed E-state index contributed by atoms with van der Waals surface area (Å²) in [5, 5.41) is 0. The van der Waals surface area contributed by atoms with Crippen LogP contribution in [0, 0.1) is 5.92 Å². The minimum Gasteiger partial charge on any atom is -0.106 e. The van der Waals surface area contributed by atoms with Gasteiger partial charge in [0.2, 0.25) is 0 Å². The number of hydrogen-bond donors (Lipinski definition) is 0.